The number of aromatic nitrogens is 2. The minimum absolute atomic E-state index is 0.639. The molecule has 1 aliphatic carbocycles. The van der Waals surface area contributed by atoms with Gasteiger partial charge >= 0.3 is 0 Å². The molecule has 0 aromatic carbocycles. The largest absolute Gasteiger partial charge is 0.383 e. The first-order valence-electron chi connectivity index (χ1n) is 7.65. The van der Waals surface area contributed by atoms with Crippen LogP contribution >= 0.6 is 11.3 Å². The van der Waals surface area contributed by atoms with Crippen molar-refractivity contribution in [1.82, 2.24) is 9.38 Å². The van der Waals surface area contributed by atoms with Crippen molar-refractivity contribution in [2.24, 2.45) is 0 Å². The van der Waals surface area contributed by atoms with E-state index in [-0.39, 0.29) is 0 Å². The highest BCUT2D eigenvalue weighted by molar-refractivity contribution is 7.13. The van der Waals surface area contributed by atoms with Crippen LogP contribution in [0, 0.1) is 0 Å². The number of nitrogens with two attached hydrogens (primary N) is 1. The molecule has 1 fully saturated rings. The predicted octanol–water partition coefficient (Wildman–Crippen LogP) is 4.69. The molecule has 3 aromatic heterocycles. The van der Waals surface area contributed by atoms with Crippen LogP contribution in [-0.2, 0) is 0 Å². The van der Waals surface area contributed by atoms with Crippen LogP contribution in [-0.4, -0.2) is 9.38 Å². The lowest BCUT2D eigenvalue weighted by Crippen LogP contribution is -2.06. The summed E-state index contributed by atoms with van der Waals surface area (Å²) in [4.78, 5) is 6.02. The second kappa shape index (κ2) is 5.19. The standard InChI is InChI=1S/C17H19N3S/c18-16-15(14-9-5-11-21-14)19-17-13(8-4-10-20(16)17)12-6-2-1-3-7-12/h4-5,8-12H,1-3,6-7,18H2. The van der Waals surface area contributed by atoms with Gasteiger partial charge in [-0.3, -0.25) is 4.40 Å². The maximum Gasteiger partial charge on any atom is 0.142 e. The maximum absolute atomic E-state index is 6.34. The van der Waals surface area contributed by atoms with Crippen molar-refractivity contribution in [3.05, 3.63) is 41.4 Å². The topological polar surface area (TPSA) is 43.3 Å². The van der Waals surface area contributed by atoms with Crippen LogP contribution in [0.25, 0.3) is 16.2 Å². The lowest BCUT2D eigenvalue weighted by Gasteiger charge is -2.22. The average molecular weight is 297 g/mol. The van der Waals surface area contributed by atoms with Crippen LogP contribution in [0.4, 0.5) is 5.82 Å². The molecule has 1 aliphatic rings. The molecular weight excluding hydrogens is 278 g/mol. The highest BCUT2D eigenvalue weighted by Crippen LogP contribution is 2.37. The van der Waals surface area contributed by atoms with E-state index in [1.807, 2.05) is 12.3 Å². The van der Waals surface area contributed by atoms with Crippen LogP contribution in [0.5, 0.6) is 0 Å². The smallest absolute Gasteiger partial charge is 0.142 e. The van der Waals surface area contributed by atoms with Crippen molar-refractivity contribution in [2.45, 2.75) is 38.0 Å². The summed E-state index contributed by atoms with van der Waals surface area (Å²) in [6.07, 6.45) is 8.62. The number of nitrogen functional groups attached to an aromatic ring is 1. The van der Waals surface area contributed by atoms with Gasteiger partial charge in [0.15, 0.2) is 0 Å². The number of imidazole rings is 1. The zero-order valence-electron chi connectivity index (χ0n) is 12.0. The fourth-order valence-corrected chi connectivity index (χ4v) is 4.16. The third-order valence-electron chi connectivity index (χ3n) is 4.52. The summed E-state index contributed by atoms with van der Waals surface area (Å²) < 4.78 is 2.05. The van der Waals surface area contributed by atoms with Gasteiger partial charge < -0.3 is 5.73 Å². The molecule has 4 heteroatoms. The summed E-state index contributed by atoms with van der Waals surface area (Å²) in [6, 6.07) is 8.47. The third-order valence-corrected chi connectivity index (χ3v) is 5.39. The number of hydrogen-bond acceptors (Lipinski definition) is 3. The summed E-state index contributed by atoms with van der Waals surface area (Å²) in [5, 5.41) is 2.07. The molecule has 2 N–H and O–H groups in total. The van der Waals surface area contributed by atoms with Gasteiger partial charge in [0.2, 0.25) is 0 Å². The Morgan fingerprint density at radius 1 is 1.14 bits per heavy atom. The van der Waals surface area contributed by atoms with Crippen molar-refractivity contribution in [1.29, 1.82) is 0 Å². The van der Waals surface area contributed by atoms with Crippen molar-refractivity contribution in [2.75, 3.05) is 5.73 Å². The molecule has 0 aliphatic heterocycles. The minimum atomic E-state index is 0.639. The Labute approximate surface area is 128 Å². The summed E-state index contributed by atoms with van der Waals surface area (Å²) >= 11 is 1.69. The van der Waals surface area contributed by atoms with Crippen LogP contribution in [0.1, 0.15) is 43.6 Å². The van der Waals surface area contributed by atoms with Gasteiger partial charge in [0, 0.05) is 6.20 Å². The first-order valence-corrected chi connectivity index (χ1v) is 8.53. The van der Waals surface area contributed by atoms with Gasteiger partial charge in [-0.05, 0) is 41.8 Å². The van der Waals surface area contributed by atoms with Crippen LogP contribution in [0.3, 0.4) is 0 Å². The summed E-state index contributed by atoms with van der Waals surface area (Å²) in [7, 11) is 0. The Morgan fingerprint density at radius 2 is 2.00 bits per heavy atom. The number of pyridine rings is 1. The van der Waals surface area contributed by atoms with E-state index in [4.69, 9.17) is 10.7 Å². The number of nitrogens with zero attached hydrogens (tertiary/aromatic N) is 2. The third kappa shape index (κ3) is 2.14. The Hall–Kier alpha value is -1.81. The molecule has 0 unspecified atom stereocenters. The molecule has 1 saturated carbocycles. The van der Waals surface area contributed by atoms with E-state index >= 15 is 0 Å². The van der Waals surface area contributed by atoms with Crippen LogP contribution < -0.4 is 5.73 Å². The number of fused-ring (bicyclic) bond motifs is 1. The molecule has 3 nitrogen and oxygen atoms in total. The minimum Gasteiger partial charge on any atom is -0.383 e. The van der Waals surface area contributed by atoms with Crippen molar-refractivity contribution in [3.8, 4) is 10.6 Å². The van der Waals surface area contributed by atoms with Crippen LogP contribution in [0.2, 0.25) is 0 Å². The summed E-state index contributed by atoms with van der Waals surface area (Å²) in [5.41, 5.74) is 9.67. The van der Waals surface area contributed by atoms with Gasteiger partial charge in [-0.2, -0.15) is 0 Å². The van der Waals surface area contributed by atoms with Crippen LogP contribution in [0.15, 0.2) is 35.8 Å². The normalized spacial score (nSPS) is 16.6. The molecule has 0 amide bonds. The fourth-order valence-electron chi connectivity index (χ4n) is 3.43. The van der Waals surface area contributed by atoms with Gasteiger partial charge in [-0.25, -0.2) is 4.98 Å². The SMILES string of the molecule is Nc1c(-c2cccs2)nc2c(C3CCCCC3)cccn12. The Kier molecular flexibility index (Phi) is 3.19. The molecule has 3 heterocycles. The zero-order valence-corrected chi connectivity index (χ0v) is 12.8. The van der Waals surface area contributed by atoms with E-state index in [9.17, 15) is 0 Å². The van der Waals surface area contributed by atoms with Gasteiger partial charge in [0.05, 0.1) is 4.88 Å². The lowest BCUT2D eigenvalue weighted by atomic mass is 9.84. The summed E-state index contributed by atoms with van der Waals surface area (Å²) in [6.45, 7) is 0. The van der Waals surface area contributed by atoms with E-state index < -0.39 is 0 Å². The van der Waals surface area contributed by atoms with E-state index in [0.29, 0.717) is 5.92 Å². The van der Waals surface area contributed by atoms with Gasteiger partial charge in [0.25, 0.3) is 0 Å². The molecule has 0 saturated heterocycles. The molecule has 21 heavy (non-hydrogen) atoms. The highest BCUT2D eigenvalue weighted by atomic mass is 32.1. The molecule has 0 radical (unpaired) electrons. The first kappa shape index (κ1) is 12.9. The second-order valence-corrected chi connectivity index (χ2v) is 6.76. The Morgan fingerprint density at radius 3 is 2.76 bits per heavy atom. The van der Waals surface area contributed by atoms with Gasteiger partial charge in [-0.1, -0.05) is 31.4 Å². The molecule has 0 spiro atoms. The number of hydrogen-bond donors (Lipinski definition) is 1. The van der Waals surface area contributed by atoms with E-state index in [1.165, 1.54) is 37.7 Å². The average Bonchev–Trinajstić information content (AvgIpc) is 3.16. The molecule has 3 aromatic rings. The van der Waals surface area contributed by atoms with Crippen molar-refractivity contribution in [3.63, 3.8) is 0 Å². The second-order valence-electron chi connectivity index (χ2n) is 5.82. The van der Waals surface area contributed by atoms with E-state index in [1.54, 1.807) is 11.3 Å². The quantitative estimate of drug-likeness (QED) is 0.745. The van der Waals surface area contributed by atoms with E-state index in [2.05, 4.69) is 28.0 Å². The molecule has 0 atom stereocenters. The predicted molar refractivity (Wildman–Crippen MR) is 88.7 cm³/mol. The Bertz CT molecular complexity index is 752. The number of anilines is 1. The molecule has 4 rings (SSSR count). The number of thiophene rings is 1. The summed E-state index contributed by atoms with van der Waals surface area (Å²) in [5.74, 6) is 1.39. The first-order chi connectivity index (χ1) is 10.3. The molecule has 108 valence electrons. The monoisotopic (exact) mass is 297 g/mol. The van der Waals surface area contributed by atoms with Gasteiger partial charge in [-0.15, -0.1) is 11.3 Å². The fraction of sp³-hybridized carbons (Fsp3) is 0.353. The Balaban J connectivity index is 1.87. The van der Waals surface area contributed by atoms with Crippen molar-refractivity contribution >= 4 is 22.8 Å². The van der Waals surface area contributed by atoms with Crippen molar-refractivity contribution < 1.29 is 0 Å². The van der Waals surface area contributed by atoms with Gasteiger partial charge in [0.1, 0.15) is 17.2 Å². The molecule has 0 bridgehead atoms. The highest BCUT2D eigenvalue weighted by Gasteiger charge is 2.21. The lowest BCUT2D eigenvalue weighted by molar-refractivity contribution is 0.444. The molecular formula is C17H19N3S. The zero-order chi connectivity index (χ0) is 14.2. The number of rotatable bonds is 2. The maximum atomic E-state index is 6.34. The van der Waals surface area contributed by atoms with E-state index in [0.717, 1.165) is 22.0 Å².